The van der Waals surface area contributed by atoms with Crippen molar-refractivity contribution in [1.82, 2.24) is 0 Å². The van der Waals surface area contributed by atoms with E-state index < -0.39 is 0 Å². The van der Waals surface area contributed by atoms with E-state index in [-0.39, 0.29) is 12.1 Å². The first-order valence-corrected chi connectivity index (χ1v) is 8.18. The van der Waals surface area contributed by atoms with Crippen LogP contribution in [0.3, 0.4) is 0 Å². The van der Waals surface area contributed by atoms with Crippen molar-refractivity contribution in [2.24, 2.45) is 0 Å². The molecular formula is C18H19ClN2O3. The number of ether oxygens (including phenoxy) is 2. The van der Waals surface area contributed by atoms with E-state index in [2.05, 4.69) is 5.32 Å². The fourth-order valence-corrected chi connectivity index (χ4v) is 2.84. The maximum absolute atomic E-state index is 12.8. The van der Waals surface area contributed by atoms with Crippen molar-refractivity contribution in [3.63, 3.8) is 0 Å². The predicted octanol–water partition coefficient (Wildman–Crippen LogP) is 4.56. The van der Waals surface area contributed by atoms with Gasteiger partial charge in [-0.25, -0.2) is 4.79 Å². The lowest BCUT2D eigenvalue weighted by molar-refractivity contribution is 0.188. The number of carbonyl (C=O) groups is 1. The van der Waals surface area contributed by atoms with Crippen LogP contribution >= 0.6 is 11.6 Å². The molecule has 2 aromatic carbocycles. The molecule has 24 heavy (non-hydrogen) atoms. The van der Waals surface area contributed by atoms with Gasteiger partial charge in [-0.1, -0.05) is 30.7 Å². The number of anilines is 2. The Labute approximate surface area is 146 Å². The van der Waals surface area contributed by atoms with Gasteiger partial charge in [0, 0.05) is 5.02 Å². The minimum atomic E-state index is -0.246. The number of amides is 2. The highest BCUT2D eigenvalue weighted by Gasteiger charge is 2.29. The van der Waals surface area contributed by atoms with E-state index >= 15 is 0 Å². The smallest absolute Gasteiger partial charge is 0.326 e. The van der Waals surface area contributed by atoms with Gasteiger partial charge in [-0.05, 0) is 36.8 Å². The second kappa shape index (κ2) is 7.01. The van der Waals surface area contributed by atoms with Gasteiger partial charge in [0.2, 0.25) is 0 Å². The van der Waals surface area contributed by atoms with E-state index in [1.54, 1.807) is 30.2 Å². The van der Waals surface area contributed by atoms with Crippen LogP contribution in [-0.4, -0.2) is 25.8 Å². The van der Waals surface area contributed by atoms with Gasteiger partial charge in [0.15, 0.2) is 0 Å². The molecule has 5 nitrogen and oxygen atoms in total. The van der Waals surface area contributed by atoms with E-state index in [4.69, 9.17) is 21.1 Å². The molecule has 1 atom stereocenters. The molecular weight excluding hydrogens is 328 g/mol. The summed E-state index contributed by atoms with van der Waals surface area (Å²) >= 11 is 6.03. The van der Waals surface area contributed by atoms with Gasteiger partial charge in [0.05, 0.1) is 25.0 Å². The monoisotopic (exact) mass is 346 g/mol. The molecule has 6 heteroatoms. The van der Waals surface area contributed by atoms with E-state index in [0.717, 1.165) is 12.1 Å². The van der Waals surface area contributed by atoms with Crippen molar-refractivity contribution in [2.75, 3.05) is 23.9 Å². The third-order valence-corrected chi connectivity index (χ3v) is 4.17. The second-order valence-electron chi connectivity index (χ2n) is 5.50. The van der Waals surface area contributed by atoms with Crippen LogP contribution in [0, 0.1) is 0 Å². The maximum Gasteiger partial charge on any atom is 0.326 e. The number of hydrogen-bond acceptors (Lipinski definition) is 3. The number of para-hydroxylation sites is 2. The molecule has 0 saturated carbocycles. The van der Waals surface area contributed by atoms with Crippen molar-refractivity contribution in [1.29, 1.82) is 0 Å². The van der Waals surface area contributed by atoms with Gasteiger partial charge in [0.25, 0.3) is 0 Å². The van der Waals surface area contributed by atoms with Crippen molar-refractivity contribution in [2.45, 2.75) is 19.4 Å². The highest BCUT2D eigenvalue weighted by atomic mass is 35.5. The molecule has 0 bridgehead atoms. The summed E-state index contributed by atoms with van der Waals surface area (Å²) in [6, 6.07) is 12.4. The number of benzene rings is 2. The normalized spacial score (nSPS) is 16.1. The first-order valence-electron chi connectivity index (χ1n) is 7.80. The minimum absolute atomic E-state index is 0.0353. The molecule has 126 valence electrons. The molecule has 0 radical (unpaired) electrons. The van der Waals surface area contributed by atoms with Crippen LogP contribution in [0.15, 0.2) is 42.5 Å². The number of methoxy groups -OCH3 is 1. The molecule has 1 unspecified atom stereocenters. The lowest BCUT2D eigenvalue weighted by Crippen LogP contribution is -2.45. The van der Waals surface area contributed by atoms with Gasteiger partial charge in [-0.15, -0.1) is 0 Å². The Morgan fingerprint density at radius 1 is 1.38 bits per heavy atom. The summed E-state index contributed by atoms with van der Waals surface area (Å²) < 4.78 is 11.2. The number of nitrogens with one attached hydrogen (secondary N) is 1. The van der Waals surface area contributed by atoms with Crippen LogP contribution in [0.2, 0.25) is 5.02 Å². The summed E-state index contributed by atoms with van der Waals surface area (Å²) in [5, 5.41) is 3.41. The van der Waals surface area contributed by atoms with Crippen molar-refractivity contribution < 1.29 is 14.3 Å². The quantitative estimate of drug-likeness (QED) is 0.886. The molecule has 1 aliphatic heterocycles. The molecule has 1 N–H and O–H groups in total. The highest BCUT2D eigenvalue weighted by molar-refractivity contribution is 6.31. The van der Waals surface area contributed by atoms with E-state index in [9.17, 15) is 4.79 Å². The number of halogens is 1. The number of nitrogens with zero attached hydrogens (tertiary/aromatic N) is 1. The molecule has 0 aliphatic carbocycles. The lowest BCUT2D eigenvalue weighted by Gasteiger charge is -2.34. The van der Waals surface area contributed by atoms with Gasteiger partial charge >= 0.3 is 6.03 Å². The fourth-order valence-electron chi connectivity index (χ4n) is 2.66. The third-order valence-electron chi connectivity index (χ3n) is 3.94. The average molecular weight is 347 g/mol. The lowest BCUT2D eigenvalue weighted by atomic mass is 10.1. The second-order valence-corrected chi connectivity index (χ2v) is 5.94. The molecule has 1 heterocycles. The van der Waals surface area contributed by atoms with Crippen LogP contribution in [0.5, 0.6) is 11.5 Å². The molecule has 2 amide bonds. The van der Waals surface area contributed by atoms with E-state index in [0.29, 0.717) is 28.8 Å². The average Bonchev–Trinajstić information content (AvgIpc) is 2.60. The Morgan fingerprint density at radius 2 is 2.17 bits per heavy atom. The van der Waals surface area contributed by atoms with Crippen molar-refractivity contribution >= 4 is 29.0 Å². The largest absolute Gasteiger partial charge is 0.495 e. The van der Waals surface area contributed by atoms with Gasteiger partial charge < -0.3 is 14.8 Å². The molecule has 3 rings (SSSR count). The van der Waals surface area contributed by atoms with Crippen molar-refractivity contribution in [3.8, 4) is 11.5 Å². The number of rotatable bonds is 3. The van der Waals surface area contributed by atoms with E-state index in [1.165, 1.54) is 0 Å². The minimum Gasteiger partial charge on any atom is -0.495 e. The van der Waals surface area contributed by atoms with Crippen LogP contribution in [0.1, 0.15) is 13.3 Å². The SMILES string of the molecule is CCC1CN(C(=O)Nc2cc(Cl)ccc2OC)c2ccccc2O1. The predicted molar refractivity (Wildman–Crippen MR) is 95.5 cm³/mol. The summed E-state index contributed by atoms with van der Waals surface area (Å²) in [5.41, 5.74) is 1.28. The Morgan fingerprint density at radius 3 is 2.92 bits per heavy atom. The summed E-state index contributed by atoms with van der Waals surface area (Å²) in [7, 11) is 1.55. The van der Waals surface area contributed by atoms with Gasteiger partial charge in [0.1, 0.15) is 17.6 Å². The Balaban J connectivity index is 1.88. The van der Waals surface area contributed by atoms with Crippen LogP contribution in [0.25, 0.3) is 0 Å². The highest BCUT2D eigenvalue weighted by Crippen LogP contribution is 2.35. The zero-order chi connectivity index (χ0) is 17.1. The summed E-state index contributed by atoms with van der Waals surface area (Å²) in [6.45, 7) is 2.52. The number of hydrogen-bond donors (Lipinski definition) is 1. The standard InChI is InChI=1S/C18H19ClN2O3/c1-3-13-11-21(15-6-4-5-7-17(15)24-13)18(22)20-14-10-12(19)8-9-16(14)23-2/h4-10,13H,3,11H2,1-2H3,(H,20,22). The van der Waals surface area contributed by atoms with Gasteiger partial charge in [-0.2, -0.15) is 0 Å². The molecule has 0 spiro atoms. The topological polar surface area (TPSA) is 50.8 Å². The molecule has 1 aliphatic rings. The first kappa shape index (κ1) is 16.5. The van der Waals surface area contributed by atoms with Crippen molar-refractivity contribution in [3.05, 3.63) is 47.5 Å². The zero-order valence-electron chi connectivity index (χ0n) is 13.6. The van der Waals surface area contributed by atoms with Crippen LogP contribution < -0.4 is 19.7 Å². The fraction of sp³-hybridized carbons (Fsp3) is 0.278. The molecule has 0 aromatic heterocycles. The summed E-state index contributed by atoms with van der Waals surface area (Å²) in [6.07, 6.45) is 0.783. The Bertz CT molecular complexity index is 751. The molecule has 0 fully saturated rings. The molecule has 2 aromatic rings. The number of carbonyl (C=O) groups excluding carboxylic acids is 1. The summed E-state index contributed by atoms with van der Waals surface area (Å²) in [5.74, 6) is 1.27. The summed E-state index contributed by atoms with van der Waals surface area (Å²) in [4.78, 5) is 14.5. The Hall–Kier alpha value is -2.40. The zero-order valence-corrected chi connectivity index (χ0v) is 14.3. The number of fused-ring (bicyclic) bond motifs is 1. The molecule has 0 saturated heterocycles. The van der Waals surface area contributed by atoms with Crippen LogP contribution in [0.4, 0.5) is 16.2 Å². The Kier molecular flexibility index (Phi) is 4.81. The van der Waals surface area contributed by atoms with Crippen LogP contribution in [-0.2, 0) is 0 Å². The third kappa shape index (κ3) is 3.26. The maximum atomic E-state index is 12.8. The first-order chi connectivity index (χ1) is 11.6. The van der Waals surface area contributed by atoms with E-state index in [1.807, 2.05) is 31.2 Å². The van der Waals surface area contributed by atoms with Gasteiger partial charge in [-0.3, -0.25) is 4.90 Å². The number of urea groups is 1.